The van der Waals surface area contributed by atoms with Crippen molar-refractivity contribution in [3.05, 3.63) is 22.7 Å². The molecule has 26 heavy (non-hydrogen) atoms. The molecule has 0 aliphatic carbocycles. The number of aromatic nitrogens is 2. The third-order valence-electron chi connectivity index (χ3n) is 4.12. The molecule has 0 spiro atoms. The molecule has 0 saturated carbocycles. The third kappa shape index (κ3) is 3.84. The van der Waals surface area contributed by atoms with E-state index in [1.165, 1.54) is 0 Å². The molecule has 1 aromatic heterocycles. The van der Waals surface area contributed by atoms with Crippen LogP contribution in [0.1, 0.15) is 32.4 Å². The lowest BCUT2D eigenvalue weighted by Gasteiger charge is -2.22. The zero-order chi connectivity index (χ0) is 19.5. The molecule has 0 bridgehead atoms. The molecule has 0 aromatic carbocycles. The van der Waals surface area contributed by atoms with Gasteiger partial charge in [-0.2, -0.15) is 13.8 Å². The Kier molecular flexibility index (Phi) is 6.26. The minimum Gasteiger partial charge on any atom is -0.465 e. The van der Waals surface area contributed by atoms with Crippen LogP contribution in [0.3, 0.4) is 0 Å². The van der Waals surface area contributed by atoms with Crippen LogP contribution in [0.4, 0.5) is 19.4 Å². The van der Waals surface area contributed by atoms with Gasteiger partial charge < -0.3 is 20.1 Å². The first kappa shape index (κ1) is 20.2. The monoisotopic (exact) mass is 377 g/mol. The molecule has 3 N–H and O–H groups in total. The quantitative estimate of drug-likeness (QED) is 0.600. The SMILES string of the molecule is CCCCCN(C(=O)O)c1ccn([C@@H]2O[C@H](CO)[C@@H](O)C2(F)F)c(=O)n1. The molecule has 1 fully saturated rings. The summed E-state index contributed by atoms with van der Waals surface area (Å²) in [5, 5.41) is 27.8. The Morgan fingerprint density at radius 1 is 1.46 bits per heavy atom. The molecule has 146 valence electrons. The van der Waals surface area contributed by atoms with Gasteiger partial charge in [-0.15, -0.1) is 0 Å². The summed E-state index contributed by atoms with van der Waals surface area (Å²) in [5.41, 5.74) is -1.15. The second-order valence-electron chi connectivity index (χ2n) is 5.95. The fraction of sp³-hybridized carbons (Fsp3) is 0.667. The lowest BCUT2D eigenvalue weighted by molar-refractivity contribution is -0.140. The summed E-state index contributed by atoms with van der Waals surface area (Å²) >= 11 is 0. The Labute approximate surface area is 147 Å². The van der Waals surface area contributed by atoms with E-state index in [1.54, 1.807) is 0 Å². The number of hydrogen-bond donors (Lipinski definition) is 3. The molecule has 1 aromatic rings. The molecule has 1 aliphatic rings. The number of carbonyl (C=O) groups is 1. The highest BCUT2D eigenvalue weighted by Crippen LogP contribution is 2.42. The summed E-state index contributed by atoms with van der Waals surface area (Å²) in [5.74, 6) is -4.01. The Morgan fingerprint density at radius 2 is 2.15 bits per heavy atom. The van der Waals surface area contributed by atoms with E-state index in [-0.39, 0.29) is 12.4 Å². The van der Waals surface area contributed by atoms with Gasteiger partial charge in [-0.05, 0) is 12.5 Å². The van der Waals surface area contributed by atoms with Crippen molar-refractivity contribution in [1.29, 1.82) is 0 Å². The number of hydrogen-bond acceptors (Lipinski definition) is 6. The third-order valence-corrected chi connectivity index (χ3v) is 4.12. The van der Waals surface area contributed by atoms with Crippen LogP contribution in [0.5, 0.6) is 0 Å². The first-order chi connectivity index (χ1) is 12.2. The molecule has 11 heteroatoms. The molecular weight excluding hydrogens is 356 g/mol. The van der Waals surface area contributed by atoms with Crippen molar-refractivity contribution < 1.29 is 33.6 Å². The number of amides is 1. The van der Waals surface area contributed by atoms with Crippen LogP contribution in [-0.4, -0.2) is 62.2 Å². The maximum atomic E-state index is 14.1. The first-order valence-corrected chi connectivity index (χ1v) is 8.15. The summed E-state index contributed by atoms with van der Waals surface area (Å²) in [4.78, 5) is 27.9. The summed E-state index contributed by atoms with van der Waals surface area (Å²) in [6.07, 6.45) is -4.16. The predicted octanol–water partition coefficient (Wildman–Crippen LogP) is 0.804. The van der Waals surface area contributed by atoms with E-state index in [9.17, 15) is 28.6 Å². The Bertz CT molecular complexity index is 698. The van der Waals surface area contributed by atoms with Crippen molar-refractivity contribution in [2.45, 2.75) is 50.5 Å². The largest absolute Gasteiger partial charge is 0.465 e. The number of alkyl halides is 2. The van der Waals surface area contributed by atoms with Gasteiger partial charge in [0.15, 0.2) is 6.10 Å². The summed E-state index contributed by atoms with van der Waals surface area (Å²) in [6.45, 7) is 1.21. The van der Waals surface area contributed by atoms with Crippen molar-refractivity contribution in [2.75, 3.05) is 18.1 Å². The Balaban J connectivity index is 2.29. The molecule has 1 amide bonds. The highest BCUT2D eigenvalue weighted by Gasteiger charge is 2.59. The maximum Gasteiger partial charge on any atom is 0.413 e. The average molecular weight is 377 g/mol. The highest BCUT2D eigenvalue weighted by molar-refractivity contribution is 5.84. The minimum absolute atomic E-state index is 0.112. The van der Waals surface area contributed by atoms with Crippen LogP contribution in [0.25, 0.3) is 0 Å². The number of carboxylic acid groups (broad SMARTS) is 1. The van der Waals surface area contributed by atoms with Crippen molar-refractivity contribution in [3.8, 4) is 0 Å². The molecular formula is C15H21F2N3O6. The van der Waals surface area contributed by atoms with Crippen LogP contribution in [0.2, 0.25) is 0 Å². The zero-order valence-electron chi connectivity index (χ0n) is 14.1. The van der Waals surface area contributed by atoms with E-state index in [0.29, 0.717) is 11.0 Å². The smallest absolute Gasteiger partial charge is 0.413 e. The normalized spacial score (nSPS) is 24.6. The lowest BCUT2D eigenvalue weighted by Crippen LogP contribution is -2.42. The first-order valence-electron chi connectivity index (χ1n) is 8.15. The molecule has 0 unspecified atom stereocenters. The maximum absolute atomic E-state index is 14.1. The lowest BCUT2D eigenvalue weighted by atomic mass is 10.1. The van der Waals surface area contributed by atoms with E-state index in [0.717, 1.165) is 30.0 Å². The van der Waals surface area contributed by atoms with Crippen LogP contribution >= 0.6 is 0 Å². The van der Waals surface area contributed by atoms with Crippen molar-refractivity contribution in [1.82, 2.24) is 9.55 Å². The number of nitrogens with zero attached hydrogens (tertiary/aromatic N) is 3. The molecule has 1 aliphatic heterocycles. The van der Waals surface area contributed by atoms with Crippen molar-refractivity contribution in [3.63, 3.8) is 0 Å². The Morgan fingerprint density at radius 3 is 2.65 bits per heavy atom. The molecule has 2 heterocycles. The number of anilines is 1. The fourth-order valence-corrected chi connectivity index (χ4v) is 2.68. The van der Waals surface area contributed by atoms with Crippen LogP contribution in [0.15, 0.2) is 17.1 Å². The number of halogens is 2. The van der Waals surface area contributed by atoms with Gasteiger partial charge in [0, 0.05) is 12.7 Å². The van der Waals surface area contributed by atoms with Crippen LogP contribution in [-0.2, 0) is 4.74 Å². The molecule has 3 atom stereocenters. The summed E-state index contributed by atoms with van der Waals surface area (Å²) in [6, 6.07) is 1.11. The highest BCUT2D eigenvalue weighted by atomic mass is 19.3. The summed E-state index contributed by atoms with van der Waals surface area (Å²) in [7, 11) is 0. The van der Waals surface area contributed by atoms with Gasteiger partial charge >= 0.3 is 17.7 Å². The van der Waals surface area contributed by atoms with Gasteiger partial charge in [0.2, 0.25) is 6.23 Å². The number of aliphatic hydroxyl groups is 2. The fourth-order valence-electron chi connectivity index (χ4n) is 2.68. The minimum atomic E-state index is -3.83. The van der Waals surface area contributed by atoms with Gasteiger partial charge in [0.25, 0.3) is 0 Å². The van der Waals surface area contributed by atoms with Crippen LogP contribution < -0.4 is 10.6 Å². The van der Waals surface area contributed by atoms with E-state index in [1.807, 2.05) is 6.92 Å². The molecule has 1 saturated heterocycles. The summed E-state index contributed by atoms with van der Waals surface area (Å²) < 4.78 is 33.6. The number of ether oxygens (including phenoxy) is 1. The van der Waals surface area contributed by atoms with Crippen molar-refractivity contribution >= 4 is 11.9 Å². The predicted molar refractivity (Wildman–Crippen MR) is 85.3 cm³/mol. The van der Waals surface area contributed by atoms with Gasteiger partial charge in [0.05, 0.1) is 6.61 Å². The standard InChI is InChI=1S/C15H21F2N3O6/c1-2-3-4-6-19(14(24)25)10-5-7-20(13(23)18-10)12-15(16,17)11(22)9(8-21)26-12/h5,7,9,11-12,21-22H,2-4,6,8H2,1H3,(H,24,25)/t9-,11-,12-/m1/s1. The van der Waals surface area contributed by atoms with Crippen LogP contribution in [0, 0.1) is 0 Å². The van der Waals surface area contributed by atoms with Crippen molar-refractivity contribution in [2.24, 2.45) is 0 Å². The average Bonchev–Trinajstić information content (AvgIpc) is 2.81. The molecule has 0 radical (unpaired) electrons. The molecule has 9 nitrogen and oxygen atoms in total. The Hall–Kier alpha value is -2.11. The second-order valence-corrected chi connectivity index (χ2v) is 5.95. The molecule has 2 rings (SSSR count). The van der Waals surface area contributed by atoms with Gasteiger partial charge in [0.1, 0.15) is 11.9 Å². The van der Waals surface area contributed by atoms with Gasteiger partial charge in [-0.3, -0.25) is 9.47 Å². The number of unbranched alkanes of at least 4 members (excludes halogenated alkanes) is 2. The van der Waals surface area contributed by atoms with E-state index in [4.69, 9.17) is 9.84 Å². The van der Waals surface area contributed by atoms with Gasteiger partial charge in [-0.25, -0.2) is 9.59 Å². The van der Waals surface area contributed by atoms with E-state index in [2.05, 4.69) is 4.98 Å². The van der Waals surface area contributed by atoms with Gasteiger partial charge in [-0.1, -0.05) is 19.8 Å². The van der Waals surface area contributed by atoms with E-state index >= 15 is 0 Å². The zero-order valence-corrected chi connectivity index (χ0v) is 14.1. The topological polar surface area (TPSA) is 125 Å². The second kappa shape index (κ2) is 8.06. The van der Waals surface area contributed by atoms with E-state index < -0.39 is 42.7 Å². The number of rotatable bonds is 7. The number of aliphatic hydroxyl groups excluding tert-OH is 2.